The summed E-state index contributed by atoms with van der Waals surface area (Å²) in [7, 11) is 0.341. The number of pyridine rings is 1. The summed E-state index contributed by atoms with van der Waals surface area (Å²) in [6.07, 6.45) is 1.61. The summed E-state index contributed by atoms with van der Waals surface area (Å²) < 4.78 is 1.56. The van der Waals surface area contributed by atoms with E-state index in [1.165, 1.54) is 0 Å². The number of amides is 1. The Hall–Kier alpha value is -3.69. The van der Waals surface area contributed by atoms with E-state index in [0.29, 0.717) is 5.69 Å². The van der Waals surface area contributed by atoms with Crippen LogP contribution in [0.3, 0.4) is 0 Å². The SMILES string of the molecule is Cc1cc(-c2ccc3cc(C#C[Si](C)(C)C)ccc3n2)ccc1NC(=O)c1ccnn1C. The first-order valence-corrected chi connectivity index (χ1v) is 14.0. The maximum Gasteiger partial charge on any atom is 0.273 e. The second kappa shape index (κ2) is 8.44. The van der Waals surface area contributed by atoms with Gasteiger partial charge in [-0.2, -0.15) is 5.10 Å². The van der Waals surface area contributed by atoms with Crippen LogP contribution in [-0.2, 0) is 7.05 Å². The molecule has 5 nitrogen and oxygen atoms in total. The molecule has 0 saturated heterocycles. The number of aromatic nitrogens is 3. The molecule has 0 spiro atoms. The number of carbonyl (C=O) groups is 1. The Morgan fingerprint density at radius 2 is 1.84 bits per heavy atom. The average Bonchev–Trinajstić information content (AvgIpc) is 3.18. The van der Waals surface area contributed by atoms with Crippen LogP contribution >= 0.6 is 0 Å². The minimum Gasteiger partial charge on any atom is -0.320 e. The number of anilines is 1. The fourth-order valence-corrected chi connectivity index (χ4v) is 3.89. The molecule has 0 aliphatic rings. The Bertz CT molecular complexity index is 1390. The van der Waals surface area contributed by atoms with Crippen LogP contribution in [0.5, 0.6) is 0 Å². The van der Waals surface area contributed by atoms with Crippen LogP contribution in [0, 0.1) is 18.4 Å². The number of carbonyl (C=O) groups excluding carboxylic acids is 1. The Morgan fingerprint density at radius 1 is 1.03 bits per heavy atom. The molecule has 6 heteroatoms. The number of nitrogens with zero attached hydrogens (tertiary/aromatic N) is 3. The minimum absolute atomic E-state index is 0.183. The quantitative estimate of drug-likeness (QED) is 0.343. The molecule has 0 unspecified atom stereocenters. The molecule has 0 bridgehead atoms. The summed E-state index contributed by atoms with van der Waals surface area (Å²) in [5.74, 6) is 3.13. The van der Waals surface area contributed by atoms with E-state index in [9.17, 15) is 4.79 Å². The van der Waals surface area contributed by atoms with Crippen molar-refractivity contribution in [2.75, 3.05) is 5.32 Å². The lowest BCUT2D eigenvalue weighted by Gasteiger charge is -2.11. The molecule has 0 saturated carbocycles. The zero-order valence-corrected chi connectivity index (χ0v) is 20.0. The van der Waals surface area contributed by atoms with Crippen molar-refractivity contribution in [2.45, 2.75) is 26.6 Å². The maximum atomic E-state index is 12.5. The predicted octanol–water partition coefficient (Wildman–Crippen LogP) is 5.42. The van der Waals surface area contributed by atoms with Crippen molar-refractivity contribution in [1.29, 1.82) is 0 Å². The van der Waals surface area contributed by atoms with Gasteiger partial charge in [-0.05, 0) is 55.0 Å². The molecule has 4 aromatic rings. The van der Waals surface area contributed by atoms with E-state index in [1.54, 1.807) is 24.0 Å². The van der Waals surface area contributed by atoms with E-state index in [4.69, 9.17) is 4.98 Å². The second-order valence-electron chi connectivity index (χ2n) is 8.93. The number of hydrogen-bond acceptors (Lipinski definition) is 3. The van der Waals surface area contributed by atoms with Crippen LogP contribution < -0.4 is 5.32 Å². The zero-order chi connectivity index (χ0) is 22.9. The molecule has 0 fully saturated rings. The van der Waals surface area contributed by atoms with E-state index in [0.717, 1.165) is 39.0 Å². The standard InChI is InChI=1S/C26H26N4OSi/c1-18-16-20(7-10-22(18)29-26(31)25-12-14-27-30(25)2)24-11-8-21-17-19(6-9-23(21)28-24)13-15-32(3,4)5/h6-12,14,16-17H,1-5H3,(H,29,31). The predicted molar refractivity (Wildman–Crippen MR) is 133 cm³/mol. The van der Waals surface area contributed by atoms with Crippen molar-refractivity contribution >= 4 is 30.6 Å². The maximum absolute atomic E-state index is 12.5. The Labute approximate surface area is 189 Å². The molecule has 1 amide bonds. The largest absolute Gasteiger partial charge is 0.320 e. The Balaban J connectivity index is 1.58. The van der Waals surface area contributed by atoms with Crippen molar-refractivity contribution in [3.05, 3.63) is 77.6 Å². The van der Waals surface area contributed by atoms with Crippen LogP contribution in [0.15, 0.2) is 60.8 Å². The molecular weight excluding hydrogens is 412 g/mol. The molecule has 2 aromatic heterocycles. The van der Waals surface area contributed by atoms with Gasteiger partial charge in [-0.3, -0.25) is 9.48 Å². The van der Waals surface area contributed by atoms with Crippen LogP contribution in [0.4, 0.5) is 5.69 Å². The number of nitrogens with one attached hydrogen (secondary N) is 1. The smallest absolute Gasteiger partial charge is 0.273 e. The second-order valence-corrected chi connectivity index (χ2v) is 13.7. The highest BCUT2D eigenvalue weighted by Gasteiger charge is 2.12. The number of aryl methyl sites for hydroxylation is 2. The zero-order valence-electron chi connectivity index (χ0n) is 19.0. The fourth-order valence-electron chi connectivity index (χ4n) is 3.37. The van der Waals surface area contributed by atoms with Crippen molar-refractivity contribution < 1.29 is 4.79 Å². The number of rotatable bonds is 3. The van der Waals surface area contributed by atoms with Gasteiger partial charge >= 0.3 is 0 Å². The van der Waals surface area contributed by atoms with Gasteiger partial charge in [-0.25, -0.2) is 4.98 Å². The van der Waals surface area contributed by atoms with Gasteiger partial charge in [0.1, 0.15) is 13.8 Å². The van der Waals surface area contributed by atoms with E-state index < -0.39 is 8.07 Å². The molecular formula is C26H26N4OSi. The lowest BCUT2D eigenvalue weighted by atomic mass is 10.0. The highest BCUT2D eigenvalue weighted by Crippen LogP contribution is 2.26. The highest BCUT2D eigenvalue weighted by molar-refractivity contribution is 6.83. The third kappa shape index (κ3) is 4.79. The summed E-state index contributed by atoms with van der Waals surface area (Å²) in [4.78, 5) is 17.3. The van der Waals surface area contributed by atoms with Crippen molar-refractivity contribution in [2.24, 2.45) is 7.05 Å². The van der Waals surface area contributed by atoms with Crippen LogP contribution in [0.2, 0.25) is 19.6 Å². The monoisotopic (exact) mass is 438 g/mol. The van der Waals surface area contributed by atoms with E-state index >= 15 is 0 Å². The first-order valence-electron chi connectivity index (χ1n) is 10.5. The Morgan fingerprint density at radius 3 is 2.53 bits per heavy atom. The van der Waals surface area contributed by atoms with Gasteiger partial charge in [0.15, 0.2) is 0 Å². The molecule has 2 heterocycles. The summed E-state index contributed by atoms with van der Waals surface area (Å²) in [6.45, 7) is 8.71. The van der Waals surface area contributed by atoms with E-state index in [2.05, 4.69) is 53.7 Å². The molecule has 4 rings (SSSR count). The van der Waals surface area contributed by atoms with Crippen LogP contribution in [0.25, 0.3) is 22.2 Å². The molecule has 0 atom stereocenters. The van der Waals surface area contributed by atoms with Crippen molar-refractivity contribution in [3.8, 4) is 22.7 Å². The summed E-state index contributed by atoms with van der Waals surface area (Å²) >= 11 is 0. The average molecular weight is 439 g/mol. The number of benzene rings is 2. The molecule has 0 aliphatic heterocycles. The first kappa shape index (κ1) is 21.5. The van der Waals surface area contributed by atoms with Gasteiger partial charge in [0.05, 0.1) is 11.2 Å². The molecule has 2 aromatic carbocycles. The number of fused-ring (bicyclic) bond motifs is 1. The molecule has 32 heavy (non-hydrogen) atoms. The van der Waals surface area contributed by atoms with Gasteiger partial charge in [-0.1, -0.05) is 37.7 Å². The third-order valence-corrected chi connectivity index (χ3v) is 5.97. The molecule has 0 radical (unpaired) electrons. The highest BCUT2D eigenvalue weighted by atomic mass is 28.3. The van der Waals surface area contributed by atoms with Crippen molar-refractivity contribution in [3.63, 3.8) is 0 Å². The topological polar surface area (TPSA) is 59.8 Å². The fraction of sp³-hybridized carbons (Fsp3) is 0.192. The summed E-state index contributed by atoms with van der Waals surface area (Å²) in [6, 6.07) is 17.9. The van der Waals surface area contributed by atoms with Gasteiger partial charge in [-0.15, -0.1) is 5.54 Å². The summed E-state index contributed by atoms with van der Waals surface area (Å²) in [5, 5.41) is 8.09. The molecule has 160 valence electrons. The Kier molecular flexibility index (Phi) is 5.68. The lowest BCUT2D eigenvalue weighted by Crippen LogP contribution is -2.16. The molecule has 0 aliphatic carbocycles. The van der Waals surface area contributed by atoms with Crippen molar-refractivity contribution in [1.82, 2.24) is 14.8 Å². The van der Waals surface area contributed by atoms with Gasteiger partial charge < -0.3 is 5.32 Å². The lowest BCUT2D eigenvalue weighted by molar-refractivity contribution is 0.101. The van der Waals surface area contributed by atoms with E-state index in [1.807, 2.05) is 43.3 Å². The van der Waals surface area contributed by atoms with Gasteiger partial charge in [0.25, 0.3) is 5.91 Å². The molecule has 1 N–H and O–H groups in total. The van der Waals surface area contributed by atoms with Crippen LogP contribution in [0.1, 0.15) is 21.6 Å². The number of hydrogen-bond donors (Lipinski definition) is 1. The van der Waals surface area contributed by atoms with E-state index in [-0.39, 0.29) is 5.91 Å². The minimum atomic E-state index is -1.41. The van der Waals surface area contributed by atoms with Crippen LogP contribution in [-0.4, -0.2) is 28.7 Å². The third-order valence-electron chi connectivity index (χ3n) is 5.09. The summed E-state index contributed by atoms with van der Waals surface area (Å²) in [5.41, 5.74) is 9.53. The van der Waals surface area contributed by atoms with Gasteiger partial charge in [0.2, 0.25) is 0 Å². The van der Waals surface area contributed by atoms with Gasteiger partial charge in [0, 0.05) is 35.4 Å². The normalized spacial score (nSPS) is 11.2. The first-order chi connectivity index (χ1) is 15.2.